The molecule has 30 heavy (non-hydrogen) atoms. The van der Waals surface area contributed by atoms with E-state index in [0.29, 0.717) is 24.0 Å². The standard InChI is InChI=1S/C20H15F5N2O3/c21-15-14(16(22)18(24)19(25)17(15)23)20(29)27(12-6-7-12)9-11-3-1-10(2-4-11)5-8-13(28)26-30/h1-5,8,12,30H,6-7,9H2,(H,26,28)/b8-5+. The van der Waals surface area contributed by atoms with Crippen molar-refractivity contribution in [3.05, 3.63) is 76.1 Å². The van der Waals surface area contributed by atoms with Crippen LogP contribution in [-0.2, 0) is 11.3 Å². The van der Waals surface area contributed by atoms with E-state index < -0.39 is 46.5 Å². The number of carbonyl (C=O) groups excluding carboxylic acids is 2. The molecule has 0 atom stereocenters. The molecule has 0 unspecified atom stereocenters. The van der Waals surface area contributed by atoms with Crippen LogP contribution in [0.1, 0.15) is 34.3 Å². The molecule has 1 saturated carbocycles. The highest BCUT2D eigenvalue weighted by molar-refractivity contribution is 5.95. The molecule has 5 nitrogen and oxygen atoms in total. The van der Waals surface area contributed by atoms with Gasteiger partial charge in [-0.1, -0.05) is 24.3 Å². The molecule has 1 aliphatic rings. The molecule has 0 aromatic heterocycles. The molecule has 0 spiro atoms. The molecule has 0 bridgehead atoms. The number of halogens is 5. The van der Waals surface area contributed by atoms with Gasteiger partial charge in [-0.15, -0.1) is 0 Å². The second-order valence-electron chi connectivity index (χ2n) is 6.66. The van der Waals surface area contributed by atoms with E-state index in [-0.39, 0.29) is 12.6 Å². The highest BCUT2D eigenvalue weighted by Gasteiger charge is 2.38. The molecule has 2 aromatic carbocycles. The molecule has 3 rings (SSSR count). The highest BCUT2D eigenvalue weighted by Crippen LogP contribution is 2.32. The summed E-state index contributed by atoms with van der Waals surface area (Å²) in [5.74, 6) is -13.0. The lowest BCUT2D eigenvalue weighted by Crippen LogP contribution is -2.34. The Morgan fingerprint density at radius 3 is 2.00 bits per heavy atom. The van der Waals surface area contributed by atoms with E-state index in [9.17, 15) is 31.5 Å². The van der Waals surface area contributed by atoms with Gasteiger partial charge in [-0.05, 0) is 30.0 Å². The summed E-state index contributed by atoms with van der Waals surface area (Å²) in [6.45, 7) is -0.107. The smallest absolute Gasteiger partial charge is 0.267 e. The van der Waals surface area contributed by atoms with Gasteiger partial charge in [0, 0.05) is 18.7 Å². The van der Waals surface area contributed by atoms with Gasteiger partial charge in [0.1, 0.15) is 5.56 Å². The van der Waals surface area contributed by atoms with Crippen molar-refractivity contribution < 1.29 is 36.7 Å². The lowest BCUT2D eigenvalue weighted by Gasteiger charge is -2.23. The quantitative estimate of drug-likeness (QED) is 0.185. The van der Waals surface area contributed by atoms with Crippen molar-refractivity contribution in [2.45, 2.75) is 25.4 Å². The molecular formula is C20H15F5N2O3. The van der Waals surface area contributed by atoms with Crippen molar-refractivity contribution in [3.63, 3.8) is 0 Å². The van der Waals surface area contributed by atoms with Gasteiger partial charge in [0.2, 0.25) is 5.82 Å². The van der Waals surface area contributed by atoms with E-state index >= 15 is 0 Å². The normalized spacial score (nSPS) is 13.5. The zero-order valence-electron chi connectivity index (χ0n) is 15.3. The molecule has 2 aromatic rings. The topological polar surface area (TPSA) is 69.6 Å². The lowest BCUT2D eigenvalue weighted by molar-refractivity contribution is -0.124. The Balaban J connectivity index is 1.85. The Hall–Kier alpha value is -3.27. The van der Waals surface area contributed by atoms with E-state index in [1.54, 1.807) is 24.3 Å². The molecule has 10 heteroatoms. The van der Waals surface area contributed by atoms with Crippen LogP contribution in [0.25, 0.3) is 6.08 Å². The van der Waals surface area contributed by atoms with Gasteiger partial charge < -0.3 is 4.90 Å². The number of hydrogen-bond donors (Lipinski definition) is 2. The highest BCUT2D eigenvalue weighted by atomic mass is 19.2. The van der Waals surface area contributed by atoms with Gasteiger partial charge in [0.15, 0.2) is 23.3 Å². The van der Waals surface area contributed by atoms with Crippen molar-refractivity contribution in [2.75, 3.05) is 0 Å². The zero-order valence-corrected chi connectivity index (χ0v) is 15.3. The van der Waals surface area contributed by atoms with Crippen LogP contribution < -0.4 is 5.48 Å². The Morgan fingerprint density at radius 2 is 1.50 bits per heavy atom. The molecule has 0 aliphatic heterocycles. The fourth-order valence-electron chi connectivity index (χ4n) is 2.83. The van der Waals surface area contributed by atoms with E-state index in [0.717, 1.165) is 11.0 Å². The van der Waals surface area contributed by atoms with Crippen molar-refractivity contribution >= 4 is 17.9 Å². The van der Waals surface area contributed by atoms with E-state index in [1.165, 1.54) is 11.6 Å². The van der Waals surface area contributed by atoms with Crippen LogP contribution in [-0.4, -0.2) is 28.0 Å². The molecule has 1 fully saturated rings. The summed E-state index contributed by atoms with van der Waals surface area (Å²) in [7, 11) is 0. The Morgan fingerprint density at radius 1 is 0.967 bits per heavy atom. The third-order valence-corrected chi connectivity index (χ3v) is 4.54. The molecule has 0 saturated heterocycles. The van der Waals surface area contributed by atoms with Crippen molar-refractivity contribution in [2.24, 2.45) is 0 Å². The first kappa shape index (κ1) is 21.4. The van der Waals surface area contributed by atoms with Crippen LogP contribution in [0.15, 0.2) is 30.3 Å². The number of amides is 2. The first-order chi connectivity index (χ1) is 14.2. The summed E-state index contributed by atoms with van der Waals surface area (Å²) in [5, 5.41) is 8.44. The second-order valence-corrected chi connectivity index (χ2v) is 6.66. The predicted octanol–water partition coefficient (Wildman–Crippen LogP) is 3.71. The Labute approximate surface area is 167 Å². The van der Waals surface area contributed by atoms with Gasteiger partial charge in [-0.3, -0.25) is 14.8 Å². The number of benzene rings is 2. The minimum absolute atomic E-state index is 0.107. The monoisotopic (exact) mass is 426 g/mol. The third kappa shape index (κ3) is 4.33. The van der Waals surface area contributed by atoms with Gasteiger partial charge in [-0.2, -0.15) is 0 Å². The zero-order chi connectivity index (χ0) is 22.0. The van der Waals surface area contributed by atoms with Gasteiger partial charge in [0.05, 0.1) is 0 Å². The fraction of sp³-hybridized carbons (Fsp3) is 0.200. The van der Waals surface area contributed by atoms with Crippen molar-refractivity contribution in [3.8, 4) is 0 Å². The van der Waals surface area contributed by atoms with Crippen LogP contribution in [0.2, 0.25) is 0 Å². The Bertz CT molecular complexity index is 991. The minimum atomic E-state index is -2.32. The summed E-state index contributed by atoms with van der Waals surface area (Å²) in [6.07, 6.45) is 3.57. The number of nitrogens with zero attached hydrogens (tertiary/aromatic N) is 1. The van der Waals surface area contributed by atoms with Crippen LogP contribution >= 0.6 is 0 Å². The summed E-state index contributed by atoms with van der Waals surface area (Å²) in [6, 6.07) is 5.96. The van der Waals surface area contributed by atoms with Gasteiger partial charge >= 0.3 is 0 Å². The maximum Gasteiger partial charge on any atom is 0.267 e. The second kappa shape index (κ2) is 8.62. The number of rotatable bonds is 6. The van der Waals surface area contributed by atoms with Crippen LogP contribution in [0.3, 0.4) is 0 Å². The number of nitrogens with one attached hydrogen (secondary N) is 1. The van der Waals surface area contributed by atoms with E-state index in [2.05, 4.69) is 0 Å². The lowest BCUT2D eigenvalue weighted by atomic mass is 10.1. The molecule has 2 amide bonds. The fourth-order valence-corrected chi connectivity index (χ4v) is 2.83. The summed E-state index contributed by atoms with van der Waals surface area (Å²) in [5.41, 5.74) is 1.09. The maximum absolute atomic E-state index is 14.0. The van der Waals surface area contributed by atoms with E-state index in [1.807, 2.05) is 0 Å². The van der Waals surface area contributed by atoms with Gasteiger partial charge in [0.25, 0.3) is 11.8 Å². The van der Waals surface area contributed by atoms with Crippen LogP contribution in [0, 0.1) is 29.1 Å². The summed E-state index contributed by atoms with van der Waals surface area (Å²) < 4.78 is 68.3. The minimum Gasteiger partial charge on any atom is -0.331 e. The maximum atomic E-state index is 14.0. The van der Waals surface area contributed by atoms with Gasteiger partial charge in [-0.25, -0.2) is 27.4 Å². The SMILES string of the molecule is O=C(/C=C/c1ccc(CN(C(=O)c2c(F)c(F)c(F)c(F)c2F)C2CC2)cc1)NO. The predicted molar refractivity (Wildman–Crippen MR) is 94.5 cm³/mol. The summed E-state index contributed by atoms with van der Waals surface area (Å²) >= 11 is 0. The molecule has 0 heterocycles. The Kier molecular flexibility index (Phi) is 6.16. The average molecular weight is 426 g/mol. The van der Waals surface area contributed by atoms with Crippen LogP contribution in [0.4, 0.5) is 22.0 Å². The number of carbonyl (C=O) groups is 2. The number of hydroxylamine groups is 1. The van der Waals surface area contributed by atoms with Crippen molar-refractivity contribution in [1.29, 1.82) is 0 Å². The largest absolute Gasteiger partial charge is 0.331 e. The van der Waals surface area contributed by atoms with E-state index in [4.69, 9.17) is 5.21 Å². The molecule has 0 radical (unpaired) electrons. The molecular weight excluding hydrogens is 411 g/mol. The number of hydrogen-bond acceptors (Lipinski definition) is 3. The molecule has 2 N–H and O–H groups in total. The third-order valence-electron chi connectivity index (χ3n) is 4.54. The first-order valence-electron chi connectivity index (χ1n) is 8.78. The summed E-state index contributed by atoms with van der Waals surface area (Å²) in [4.78, 5) is 24.7. The molecule has 1 aliphatic carbocycles. The first-order valence-corrected chi connectivity index (χ1v) is 8.78. The van der Waals surface area contributed by atoms with Crippen LogP contribution in [0.5, 0.6) is 0 Å². The van der Waals surface area contributed by atoms with Crippen molar-refractivity contribution in [1.82, 2.24) is 10.4 Å². The molecule has 158 valence electrons. The average Bonchev–Trinajstić information content (AvgIpc) is 3.59.